The zero-order valence-corrected chi connectivity index (χ0v) is 12.3. The van der Waals surface area contributed by atoms with E-state index in [1.807, 2.05) is 49.4 Å². The minimum absolute atomic E-state index is 0.676. The van der Waals surface area contributed by atoms with Gasteiger partial charge in [-0.25, -0.2) is 0 Å². The number of halogens is 2. The first-order chi connectivity index (χ1) is 8.69. The molecule has 0 fully saturated rings. The van der Waals surface area contributed by atoms with Crippen molar-refractivity contribution in [3.63, 3.8) is 0 Å². The molecule has 92 valence electrons. The van der Waals surface area contributed by atoms with Gasteiger partial charge in [-0.05, 0) is 58.2 Å². The monoisotopic (exact) mass is 322 g/mol. The molecule has 2 rings (SSSR count). The van der Waals surface area contributed by atoms with Gasteiger partial charge in [0.1, 0.15) is 5.75 Å². The van der Waals surface area contributed by atoms with E-state index < -0.39 is 0 Å². The van der Waals surface area contributed by atoms with Gasteiger partial charge in [0, 0.05) is 4.47 Å². The van der Waals surface area contributed by atoms with Gasteiger partial charge in [-0.2, -0.15) is 0 Å². The molecule has 1 nitrogen and oxygen atoms in total. The standard InChI is InChI=1S/C15H12BrClO/c1-2-18-13-6-3-11(4-7-13)9-12-5-8-14(16)15(17)10-12/h3-8,10H,2H2,1H3. The second-order valence-corrected chi connectivity index (χ2v) is 4.97. The Morgan fingerprint density at radius 2 is 1.78 bits per heavy atom. The summed E-state index contributed by atoms with van der Waals surface area (Å²) in [6.45, 7) is 2.64. The van der Waals surface area contributed by atoms with Crippen LogP contribution in [0.2, 0.25) is 5.02 Å². The van der Waals surface area contributed by atoms with E-state index in [0.717, 1.165) is 21.3 Å². The van der Waals surface area contributed by atoms with Crippen molar-refractivity contribution in [2.24, 2.45) is 0 Å². The predicted octanol–water partition coefficient (Wildman–Crippen LogP) is 4.98. The van der Waals surface area contributed by atoms with Crippen LogP contribution in [0.4, 0.5) is 0 Å². The molecule has 0 heterocycles. The second kappa shape index (κ2) is 6.26. The lowest BCUT2D eigenvalue weighted by molar-refractivity contribution is 0.340. The molecule has 18 heavy (non-hydrogen) atoms. The molecule has 0 N–H and O–H groups in total. The lowest BCUT2D eigenvalue weighted by Gasteiger charge is -2.05. The fraction of sp³-hybridized carbons (Fsp3) is 0.133. The first kappa shape index (κ1) is 13.4. The molecule has 2 radical (unpaired) electrons. The molecule has 2 aromatic rings. The van der Waals surface area contributed by atoms with Gasteiger partial charge in [0.05, 0.1) is 18.1 Å². The molecule has 0 aliphatic heterocycles. The summed E-state index contributed by atoms with van der Waals surface area (Å²) in [6, 6.07) is 13.6. The number of rotatable bonds is 4. The molecule has 0 saturated carbocycles. The van der Waals surface area contributed by atoms with Crippen LogP contribution in [0.25, 0.3) is 0 Å². The minimum Gasteiger partial charge on any atom is -0.494 e. The number of hydrogen-bond acceptors (Lipinski definition) is 1. The van der Waals surface area contributed by atoms with E-state index >= 15 is 0 Å². The van der Waals surface area contributed by atoms with E-state index in [2.05, 4.69) is 22.4 Å². The van der Waals surface area contributed by atoms with Crippen molar-refractivity contribution in [1.82, 2.24) is 0 Å². The number of benzene rings is 2. The third-order valence-electron chi connectivity index (χ3n) is 2.37. The normalized spacial score (nSPS) is 10.4. The average Bonchev–Trinajstić information content (AvgIpc) is 2.37. The van der Waals surface area contributed by atoms with Crippen LogP contribution < -0.4 is 4.74 Å². The molecule has 0 aliphatic carbocycles. The van der Waals surface area contributed by atoms with Gasteiger partial charge >= 0.3 is 0 Å². The molecule has 0 aromatic heterocycles. The van der Waals surface area contributed by atoms with Gasteiger partial charge in [0.2, 0.25) is 0 Å². The number of hydrogen-bond donors (Lipinski definition) is 0. The van der Waals surface area contributed by atoms with Crippen LogP contribution >= 0.6 is 27.5 Å². The largest absolute Gasteiger partial charge is 0.494 e. The fourth-order valence-corrected chi connectivity index (χ4v) is 1.97. The quantitative estimate of drug-likeness (QED) is 0.771. The van der Waals surface area contributed by atoms with Crippen LogP contribution in [-0.2, 0) is 0 Å². The summed E-state index contributed by atoms with van der Waals surface area (Å²) in [7, 11) is 0. The van der Waals surface area contributed by atoms with Crippen LogP contribution in [-0.4, -0.2) is 6.61 Å². The maximum Gasteiger partial charge on any atom is 0.119 e. The molecule has 3 heteroatoms. The Labute approximate surface area is 121 Å². The molecule has 0 bridgehead atoms. The highest BCUT2D eigenvalue weighted by Gasteiger charge is 2.02. The Morgan fingerprint density at radius 1 is 1.11 bits per heavy atom. The fourth-order valence-electron chi connectivity index (χ4n) is 1.54. The summed E-state index contributed by atoms with van der Waals surface area (Å²) in [5.74, 6) is 0.872. The van der Waals surface area contributed by atoms with E-state index in [1.165, 1.54) is 0 Å². The van der Waals surface area contributed by atoms with Gasteiger partial charge in [-0.3, -0.25) is 0 Å². The Morgan fingerprint density at radius 3 is 2.39 bits per heavy atom. The van der Waals surface area contributed by atoms with Crippen molar-refractivity contribution in [2.45, 2.75) is 6.92 Å². The zero-order valence-electron chi connectivity index (χ0n) is 9.91. The van der Waals surface area contributed by atoms with Crippen molar-refractivity contribution in [3.05, 3.63) is 69.5 Å². The highest BCUT2D eigenvalue weighted by molar-refractivity contribution is 9.10. The first-order valence-corrected chi connectivity index (χ1v) is 6.81. The molecule has 0 spiro atoms. The summed E-state index contributed by atoms with van der Waals surface area (Å²) in [6.07, 6.45) is 3.28. The molecule has 0 aliphatic rings. The van der Waals surface area contributed by atoms with Crippen LogP contribution in [0.5, 0.6) is 5.75 Å². The third kappa shape index (κ3) is 3.50. The molecular formula is C15H12BrClO. The summed E-state index contributed by atoms with van der Waals surface area (Å²) in [4.78, 5) is 0. The summed E-state index contributed by atoms with van der Waals surface area (Å²) in [5, 5.41) is 0.686. The Hall–Kier alpha value is -0.990. The van der Waals surface area contributed by atoms with Crippen LogP contribution in [0.1, 0.15) is 18.1 Å². The molecule has 0 amide bonds. The van der Waals surface area contributed by atoms with Crippen molar-refractivity contribution in [3.8, 4) is 5.75 Å². The summed E-state index contributed by atoms with van der Waals surface area (Å²) >= 11 is 9.40. The Balaban J connectivity index is 2.10. The van der Waals surface area contributed by atoms with Gasteiger partial charge in [-0.15, -0.1) is 0 Å². The molecule has 2 aromatic carbocycles. The maximum atomic E-state index is 6.04. The zero-order chi connectivity index (χ0) is 13.0. The van der Waals surface area contributed by atoms with Crippen LogP contribution in [0.3, 0.4) is 0 Å². The van der Waals surface area contributed by atoms with Crippen molar-refractivity contribution >= 4 is 27.5 Å². The molecule has 0 unspecified atom stereocenters. The van der Waals surface area contributed by atoms with Crippen LogP contribution in [0.15, 0.2) is 46.9 Å². The SMILES string of the molecule is CCOc1ccc([C]c2ccc(Br)c(Cl)c2)cc1. The average molecular weight is 324 g/mol. The predicted molar refractivity (Wildman–Crippen MR) is 78.2 cm³/mol. The van der Waals surface area contributed by atoms with Crippen molar-refractivity contribution < 1.29 is 4.74 Å². The second-order valence-electron chi connectivity index (χ2n) is 3.71. The Kier molecular flexibility index (Phi) is 4.67. The van der Waals surface area contributed by atoms with E-state index in [9.17, 15) is 0 Å². The van der Waals surface area contributed by atoms with E-state index in [0.29, 0.717) is 11.6 Å². The van der Waals surface area contributed by atoms with Gasteiger partial charge in [0.15, 0.2) is 0 Å². The highest BCUT2D eigenvalue weighted by Crippen LogP contribution is 2.25. The summed E-state index contributed by atoms with van der Waals surface area (Å²) in [5.41, 5.74) is 1.95. The number of ether oxygens (including phenoxy) is 1. The smallest absolute Gasteiger partial charge is 0.119 e. The minimum atomic E-state index is 0.676. The lowest BCUT2D eigenvalue weighted by Crippen LogP contribution is -1.91. The van der Waals surface area contributed by atoms with Crippen molar-refractivity contribution in [2.75, 3.05) is 6.61 Å². The molecule has 0 saturated heterocycles. The van der Waals surface area contributed by atoms with E-state index in [-0.39, 0.29) is 0 Å². The summed E-state index contributed by atoms with van der Waals surface area (Å²) < 4.78 is 6.28. The van der Waals surface area contributed by atoms with Gasteiger partial charge < -0.3 is 4.74 Å². The maximum absolute atomic E-state index is 6.04. The van der Waals surface area contributed by atoms with Crippen LogP contribution in [0, 0.1) is 6.42 Å². The third-order valence-corrected chi connectivity index (χ3v) is 3.61. The molecule has 0 atom stereocenters. The van der Waals surface area contributed by atoms with Gasteiger partial charge in [-0.1, -0.05) is 29.8 Å². The first-order valence-electron chi connectivity index (χ1n) is 5.64. The lowest BCUT2D eigenvalue weighted by atomic mass is 10.1. The topological polar surface area (TPSA) is 9.23 Å². The van der Waals surface area contributed by atoms with E-state index in [1.54, 1.807) is 0 Å². The van der Waals surface area contributed by atoms with Gasteiger partial charge in [0.25, 0.3) is 0 Å². The van der Waals surface area contributed by atoms with Crippen molar-refractivity contribution in [1.29, 1.82) is 0 Å². The highest BCUT2D eigenvalue weighted by atomic mass is 79.9. The van der Waals surface area contributed by atoms with E-state index in [4.69, 9.17) is 16.3 Å². The molecular weight excluding hydrogens is 312 g/mol. The Bertz CT molecular complexity index is 523.